The molecule has 3 rings (SSSR count). The summed E-state index contributed by atoms with van der Waals surface area (Å²) in [5.74, 6) is 3.02. The van der Waals surface area contributed by atoms with Crippen molar-refractivity contribution >= 4 is 23.3 Å². The van der Waals surface area contributed by atoms with Crippen LogP contribution in [0.2, 0.25) is 5.02 Å². The molecule has 1 aliphatic heterocycles. The highest BCUT2D eigenvalue weighted by molar-refractivity contribution is 6.34. The van der Waals surface area contributed by atoms with Crippen LogP contribution in [-0.2, 0) is 0 Å². The standard InChI is InChI=1S/C12H11ClN4O2/c1-7-14-15-11-10(13)12(16-17(7)11)19-9-6-4-3-5-8(9)18-2/h3-6,15H,1-2H3/p+1. The lowest BCUT2D eigenvalue weighted by atomic mass is 10.3. The minimum absolute atomic E-state index is 0.340. The van der Waals surface area contributed by atoms with Crippen molar-refractivity contribution in [2.75, 3.05) is 7.11 Å². The zero-order valence-corrected chi connectivity index (χ0v) is 11.2. The van der Waals surface area contributed by atoms with Gasteiger partial charge in [-0.25, -0.2) is 0 Å². The number of para-hydroxylation sites is 2. The molecule has 0 aliphatic carbocycles. The number of nitrogens with zero attached hydrogens (tertiary/aromatic N) is 3. The molecule has 0 spiro atoms. The van der Waals surface area contributed by atoms with E-state index < -0.39 is 0 Å². The number of rotatable bonds is 3. The Labute approximate surface area is 114 Å². The highest BCUT2D eigenvalue weighted by atomic mass is 35.5. The summed E-state index contributed by atoms with van der Waals surface area (Å²) in [6, 6.07) is 7.33. The first-order valence-corrected chi connectivity index (χ1v) is 6.06. The van der Waals surface area contributed by atoms with E-state index in [9.17, 15) is 0 Å². The molecule has 2 N–H and O–H groups in total. The van der Waals surface area contributed by atoms with Crippen LogP contribution in [0.5, 0.6) is 17.4 Å². The molecule has 2 heterocycles. The third kappa shape index (κ3) is 1.94. The Balaban J connectivity index is 1.97. The topological polar surface area (TPSA) is 65.2 Å². The zero-order chi connectivity index (χ0) is 13.4. The van der Waals surface area contributed by atoms with Crippen LogP contribution in [0.3, 0.4) is 0 Å². The number of quaternary nitrogens is 1. The van der Waals surface area contributed by atoms with E-state index >= 15 is 0 Å². The summed E-state index contributed by atoms with van der Waals surface area (Å²) in [6.07, 6.45) is 0. The second-order valence-electron chi connectivity index (χ2n) is 3.97. The van der Waals surface area contributed by atoms with Crippen LogP contribution in [0, 0.1) is 0 Å². The molecule has 0 fully saturated rings. The summed E-state index contributed by atoms with van der Waals surface area (Å²) in [6.45, 7) is 1.85. The average molecular weight is 280 g/mol. The van der Waals surface area contributed by atoms with Crippen molar-refractivity contribution in [1.82, 2.24) is 9.78 Å². The molecule has 19 heavy (non-hydrogen) atoms. The normalized spacial score (nSPS) is 13.1. The van der Waals surface area contributed by atoms with Crippen LogP contribution in [0.15, 0.2) is 29.4 Å². The lowest BCUT2D eigenvalue weighted by molar-refractivity contribution is -0.576. The molecule has 1 aliphatic rings. The van der Waals surface area contributed by atoms with E-state index in [4.69, 9.17) is 21.1 Å². The molecule has 0 saturated heterocycles. The van der Waals surface area contributed by atoms with Crippen LogP contribution >= 0.6 is 11.6 Å². The number of hydrogen-bond acceptors (Lipinski definition) is 4. The highest BCUT2D eigenvalue weighted by Gasteiger charge is 2.28. The fraction of sp³-hybridized carbons (Fsp3) is 0.167. The monoisotopic (exact) mass is 279 g/mol. The van der Waals surface area contributed by atoms with E-state index in [0.29, 0.717) is 22.4 Å². The Kier molecular flexibility index (Phi) is 2.88. The molecular weight excluding hydrogens is 268 g/mol. The smallest absolute Gasteiger partial charge is 0.278 e. The number of halogens is 1. The second kappa shape index (κ2) is 4.56. The van der Waals surface area contributed by atoms with E-state index in [0.717, 1.165) is 11.7 Å². The molecule has 1 aromatic heterocycles. The van der Waals surface area contributed by atoms with E-state index in [-0.39, 0.29) is 0 Å². The largest absolute Gasteiger partial charge is 0.493 e. The molecule has 0 atom stereocenters. The minimum Gasteiger partial charge on any atom is -0.493 e. The third-order valence-electron chi connectivity index (χ3n) is 2.79. The number of fused-ring (bicyclic) bond motifs is 1. The predicted octanol–water partition coefficient (Wildman–Crippen LogP) is 1.73. The Morgan fingerprint density at radius 2 is 2.00 bits per heavy atom. The van der Waals surface area contributed by atoms with Gasteiger partial charge in [-0.3, -0.25) is 0 Å². The number of hydrogen-bond donors (Lipinski definition) is 1. The molecule has 98 valence electrons. The first-order chi connectivity index (χ1) is 9.20. The van der Waals surface area contributed by atoms with Crippen molar-refractivity contribution in [3.05, 3.63) is 29.3 Å². The Bertz CT molecular complexity index is 666. The van der Waals surface area contributed by atoms with E-state index in [1.54, 1.807) is 23.3 Å². The van der Waals surface area contributed by atoms with E-state index in [1.165, 1.54) is 0 Å². The summed E-state index contributed by atoms with van der Waals surface area (Å²) >= 11 is 6.23. The molecule has 0 saturated carbocycles. The van der Waals surface area contributed by atoms with Crippen molar-refractivity contribution in [2.45, 2.75) is 6.92 Å². The SMILES string of the molecule is COc1ccccc1Oc1nn2c(c1Cl)[NH2+]N=C2C. The summed E-state index contributed by atoms with van der Waals surface area (Å²) < 4.78 is 12.6. The lowest BCUT2D eigenvalue weighted by Crippen LogP contribution is -2.69. The summed E-state index contributed by atoms with van der Waals surface area (Å²) in [5, 5.41) is 8.86. The number of ether oxygens (including phenoxy) is 2. The molecule has 0 unspecified atom stereocenters. The van der Waals surface area contributed by atoms with Crippen molar-refractivity contribution in [1.29, 1.82) is 0 Å². The van der Waals surface area contributed by atoms with Gasteiger partial charge in [-0.15, -0.1) is 5.10 Å². The number of aromatic nitrogens is 2. The summed E-state index contributed by atoms with van der Waals surface area (Å²) in [5.41, 5.74) is 1.67. The number of benzene rings is 1. The van der Waals surface area contributed by atoms with Gasteiger partial charge in [0.25, 0.3) is 11.7 Å². The van der Waals surface area contributed by atoms with Crippen LogP contribution in [0.25, 0.3) is 0 Å². The summed E-state index contributed by atoms with van der Waals surface area (Å²) in [7, 11) is 1.58. The van der Waals surface area contributed by atoms with Crippen molar-refractivity contribution in [3.63, 3.8) is 0 Å². The zero-order valence-electron chi connectivity index (χ0n) is 10.4. The van der Waals surface area contributed by atoms with Crippen molar-refractivity contribution in [3.8, 4) is 17.4 Å². The Morgan fingerprint density at radius 3 is 2.68 bits per heavy atom. The fourth-order valence-electron chi connectivity index (χ4n) is 1.83. The quantitative estimate of drug-likeness (QED) is 0.870. The van der Waals surface area contributed by atoms with Crippen LogP contribution in [-0.4, -0.2) is 22.7 Å². The van der Waals surface area contributed by atoms with E-state index in [2.05, 4.69) is 10.2 Å². The number of nitrogens with two attached hydrogens (primary N) is 1. The average Bonchev–Trinajstić information content (AvgIpc) is 2.93. The van der Waals surface area contributed by atoms with E-state index in [1.807, 2.05) is 25.1 Å². The maximum Gasteiger partial charge on any atom is 0.278 e. The molecular formula is C12H12ClN4O2+. The Hall–Kier alpha value is -2.05. The van der Waals surface area contributed by atoms with Gasteiger partial charge in [0, 0.05) is 6.92 Å². The van der Waals surface area contributed by atoms with Crippen molar-refractivity contribution < 1.29 is 14.9 Å². The molecule has 0 amide bonds. The molecule has 6 nitrogen and oxygen atoms in total. The second-order valence-corrected chi connectivity index (χ2v) is 4.35. The number of methoxy groups -OCH3 is 1. The molecule has 0 radical (unpaired) electrons. The van der Waals surface area contributed by atoms with Crippen LogP contribution < -0.4 is 14.9 Å². The maximum atomic E-state index is 6.23. The molecule has 2 aromatic rings. The van der Waals surface area contributed by atoms with Crippen LogP contribution in [0.1, 0.15) is 6.92 Å². The van der Waals surface area contributed by atoms with Gasteiger partial charge in [0.2, 0.25) is 0 Å². The maximum absolute atomic E-state index is 6.23. The van der Waals surface area contributed by atoms with Gasteiger partial charge < -0.3 is 9.47 Å². The minimum atomic E-state index is 0.340. The first-order valence-electron chi connectivity index (χ1n) is 5.68. The third-order valence-corrected chi connectivity index (χ3v) is 3.14. The molecule has 7 heteroatoms. The Morgan fingerprint density at radius 1 is 1.26 bits per heavy atom. The van der Waals surface area contributed by atoms with Crippen molar-refractivity contribution in [2.24, 2.45) is 5.10 Å². The van der Waals surface area contributed by atoms with Gasteiger partial charge in [-0.1, -0.05) is 28.8 Å². The predicted molar refractivity (Wildman–Crippen MR) is 70.4 cm³/mol. The highest BCUT2D eigenvalue weighted by Crippen LogP contribution is 2.36. The molecule has 0 bridgehead atoms. The van der Waals surface area contributed by atoms with Gasteiger partial charge in [0.1, 0.15) is 0 Å². The van der Waals surface area contributed by atoms with Gasteiger partial charge in [-0.05, 0) is 12.1 Å². The first kappa shape index (κ1) is 12.0. The van der Waals surface area contributed by atoms with Crippen LogP contribution in [0.4, 0.5) is 5.82 Å². The summed E-state index contributed by atoms with van der Waals surface area (Å²) in [4.78, 5) is 0. The lowest BCUT2D eigenvalue weighted by Gasteiger charge is -2.07. The molecule has 1 aromatic carbocycles. The van der Waals surface area contributed by atoms with Gasteiger partial charge >= 0.3 is 0 Å². The van der Waals surface area contributed by atoms with Gasteiger partial charge in [0.05, 0.1) is 7.11 Å². The van der Waals surface area contributed by atoms with Gasteiger partial charge in [0.15, 0.2) is 22.4 Å². The van der Waals surface area contributed by atoms with Gasteiger partial charge in [-0.2, -0.15) is 10.1 Å². The fourth-order valence-corrected chi connectivity index (χ4v) is 2.04.